The van der Waals surface area contributed by atoms with E-state index in [0.29, 0.717) is 33.3 Å². The van der Waals surface area contributed by atoms with Crippen LogP contribution in [0.1, 0.15) is 17.0 Å². The number of aromatic nitrogens is 3. The van der Waals surface area contributed by atoms with Gasteiger partial charge in [0.25, 0.3) is 0 Å². The number of thioether (sulfide) groups is 1. The zero-order valence-corrected chi connectivity index (χ0v) is 19.5. The molecule has 0 bridgehead atoms. The third kappa shape index (κ3) is 6.03. The maximum Gasteiger partial charge on any atom is 0.234 e. The number of hydrogen-bond donors (Lipinski definition) is 1. The van der Waals surface area contributed by atoms with Crippen molar-refractivity contribution in [2.45, 2.75) is 32.2 Å². The SMILES string of the molecule is C=CCn1c(COc2ccc(C)c(C)c2)nnc1SCC(=O)Nc1cccc(Cl)c1Cl. The normalized spacial score (nSPS) is 10.7. The summed E-state index contributed by atoms with van der Waals surface area (Å²) in [5, 5.41) is 12.5. The van der Waals surface area contributed by atoms with Crippen molar-refractivity contribution in [3.05, 3.63) is 76.0 Å². The third-order valence-electron chi connectivity index (χ3n) is 4.51. The van der Waals surface area contributed by atoms with Crippen molar-refractivity contribution in [2.75, 3.05) is 11.1 Å². The number of halogens is 2. The zero-order chi connectivity index (χ0) is 22.4. The molecule has 0 radical (unpaired) electrons. The summed E-state index contributed by atoms with van der Waals surface area (Å²) in [6.45, 7) is 8.65. The fraction of sp³-hybridized carbons (Fsp3) is 0.227. The molecule has 1 aromatic heterocycles. The maximum atomic E-state index is 12.4. The average Bonchev–Trinajstić information content (AvgIpc) is 3.13. The van der Waals surface area contributed by atoms with Gasteiger partial charge < -0.3 is 10.1 Å². The molecule has 0 saturated carbocycles. The van der Waals surface area contributed by atoms with Crippen LogP contribution in [0.3, 0.4) is 0 Å². The van der Waals surface area contributed by atoms with Crippen molar-refractivity contribution in [1.29, 1.82) is 0 Å². The summed E-state index contributed by atoms with van der Waals surface area (Å²) < 4.78 is 7.76. The lowest BCUT2D eigenvalue weighted by molar-refractivity contribution is -0.113. The Morgan fingerprint density at radius 3 is 2.77 bits per heavy atom. The number of rotatable bonds is 9. The number of benzene rings is 2. The van der Waals surface area contributed by atoms with Crippen molar-refractivity contribution >= 4 is 46.6 Å². The Hall–Kier alpha value is -2.48. The molecule has 3 aromatic rings. The lowest BCUT2D eigenvalue weighted by atomic mass is 10.1. The number of aryl methyl sites for hydroxylation is 2. The Bertz CT molecular complexity index is 1100. The van der Waals surface area contributed by atoms with E-state index in [-0.39, 0.29) is 18.3 Å². The number of allylic oxidation sites excluding steroid dienone is 1. The second-order valence-electron chi connectivity index (χ2n) is 6.77. The molecule has 0 aliphatic carbocycles. The summed E-state index contributed by atoms with van der Waals surface area (Å²) in [4.78, 5) is 12.4. The molecule has 6 nitrogen and oxygen atoms in total. The van der Waals surface area contributed by atoms with Gasteiger partial charge in [0.2, 0.25) is 5.91 Å². The quantitative estimate of drug-likeness (QED) is 0.316. The van der Waals surface area contributed by atoms with E-state index >= 15 is 0 Å². The van der Waals surface area contributed by atoms with Gasteiger partial charge in [-0.05, 0) is 49.2 Å². The number of anilines is 1. The number of carbonyl (C=O) groups excluding carboxylic acids is 1. The molecule has 1 N–H and O–H groups in total. The first-order valence-corrected chi connectivity index (χ1v) is 11.2. The van der Waals surface area contributed by atoms with Crippen molar-refractivity contribution in [3.63, 3.8) is 0 Å². The lowest BCUT2D eigenvalue weighted by Crippen LogP contribution is -2.15. The van der Waals surface area contributed by atoms with Crippen molar-refractivity contribution < 1.29 is 9.53 Å². The predicted octanol–water partition coefficient (Wildman–Crippen LogP) is 5.70. The molecule has 0 spiro atoms. The van der Waals surface area contributed by atoms with Crippen LogP contribution in [0.4, 0.5) is 5.69 Å². The lowest BCUT2D eigenvalue weighted by Gasteiger charge is -2.11. The van der Waals surface area contributed by atoms with E-state index in [1.165, 1.54) is 17.3 Å². The van der Waals surface area contributed by atoms with E-state index in [0.717, 1.165) is 11.3 Å². The van der Waals surface area contributed by atoms with Crippen LogP contribution in [0.25, 0.3) is 0 Å². The van der Waals surface area contributed by atoms with Crippen molar-refractivity contribution in [2.24, 2.45) is 0 Å². The molecule has 0 aliphatic rings. The van der Waals surface area contributed by atoms with Gasteiger partial charge in [-0.2, -0.15) is 0 Å². The fourth-order valence-corrected chi connectivity index (χ4v) is 3.83. The molecule has 2 aromatic carbocycles. The van der Waals surface area contributed by atoms with Gasteiger partial charge in [-0.1, -0.05) is 53.2 Å². The number of amides is 1. The minimum Gasteiger partial charge on any atom is -0.486 e. The molecule has 1 amide bonds. The summed E-state index contributed by atoms with van der Waals surface area (Å²) >= 11 is 13.4. The molecule has 0 atom stereocenters. The molecule has 3 rings (SSSR count). The molecule has 0 saturated heterocycles. The summed E-state index contributed by atoms with van der Waals surface area (Å²) in [6.07, 6.45) is 1.75. The molecule has 31 heavy (non-hydrogen) atoms. The minimum absolute atomic E-state index is 0.135. The van der Waals surface area contributed by atoms with Gasteiger partial charge in [-0.3, -0.25) is 9.36 Å². The Morgan fingerprint density at radius 1 is 1.23 bits per heavy atom. The molecule has 9 heteroatoms. The van der Waals surface area contributed by atoms with Gasteiger partial charge in [0.1, 0.15) is 12.4 Å². The first-order valence-electron chi connectivity index (χ1n) is 9.48. The molecule has 1 heterocycles. The van der Waals surface area contributed by atoms with E-state index in [1.54, 1.807) is 24.3 Å². The van der Waals surface area contributed by atoms with Gasteiger partial charge in [-0.25, -0.2) is 0 Å². The van der Waals surface area contributed by atoms with E-state index in [9.17, 15) is 4.79 Å². The van der Waals surface area contributed by atoms with Gasteiger partial charge in [0, 0.05) is 6.54 Å². The van der Waals surface area contributed by atoms with Crippen molar-refractivity contribution in [3.8, 4) is 5.75 Å². The zero-order valence-electron chi connectivity index (χ0n) is 17.2. The van der Waals surface area contributed by atoms with Gasteiger partial charge in [0.05, 0.1) is 21.5 Å². The maximum absolute atomic E-state index is 12.4. The summed E-state index contributed by atoms with van der Waals surface area (Å²) in [6, 6.07) is 11.0. The molecule has 162 valence electrons. The topological polar surface area (TPSA) is 69.0 Å². The van der Waals surface area contributed by atoms with E-state index in [2.05, 4.69) is 29.0 Å². The molecular weight excluding hydrogens is 455 g/mol. The number of nitrogens with one attached hydrogen (secondary N) is 1. The van der Waals surface area contributed by atoms with Crippen molar-refractivity contribution in [1.82, 2.24) is 14.8 Å². The number of hydrogen-bond acceptors (Lipinski definition) is 5. The van der Waals surface area contributed by atoms with E-state index in [1.807, 2.05) is 29.7 Å². The van der Waals surface area contributed by atoms with Crippen LogP contribution in [-0.2, 0) is 17.9 Å². The summed E-state index contributed by atoms with van der Waals surface area (Å²) in [5.41, 5.74) is 2.83. The first kappa shape index (κ1) is 23.2. The highest BCUT2D eigenvalue weighted by Crippen LogP contribution is 2.30. The van der Waals surface area contributed by atoms with Crippen LogP contribution in [0.5, 0.6) is 5.75 Å². The number of nitrogens with zero attached hydrogens (tertiary/aromatic N) is 3. The third-order valence-corrected chi connectivity index (χ3v) is 6.30. The summed E-state index contributed by atoms with van der Waals surface area (Å²) in [7, 11) is 0. The van der Waals surface area contributed by atoms with Gasteiger partial charge in [0.15, 0.2) is 11.0 Å². The summed E-state index contributed by atoms with van der Waals surface area (Å²) in [5.74, 6) is 1.33. The second kappa shape index (κ2) is 10.7. The van der Waals surface area contributed by atoms with Crippen LogP contribution in [0.2, 0.25) is 10.0 Å². The number of carbonyl (C=O) groups is 1. The average molecular weight is 477 g/mol. The van der Waals surface area contributed by atoms with E-state index in [4.69, 9.17) is 27.9 Å². The smallest absolute Gasteiger partial charge is 0.234 e. The fourth-order valence-electron chi connectivity index (χ4n) is 2.71. The highest BCUT2D eigenvalue weighted by Gasteiger charge is 2.15. The highest BCUT2D eigenvalue weighted by molar-refractivity contribution is 7.99. The van der Waals surface area contributed by atoms with Gasteiger partial charge >= 0.3 is 0 Å². The van der Waals surface area contributed by atoms with Crippen LogP contribution in [0, 0.1) is 13.8 Å². The minimum atomic E-state index is -0.227. The molecular formula is C22H22Cl2N4O2S. The monoisotopic (exact) mass is 476 g/mol. The van der Waals surface area contributed by atoms with Crippen LogP contribution < -0.4 is 10.1 Å². The predicted molar refractivity (Wildman–Crippen MR) is 126 cm³/mol. The molecule has 0 aliphatic heterocycles. The Balaban J connectivity index is 1.64. The van der Waals surface area contributed by atoms with Crippen LogP contribution >= 0.6 is 35.0 Å². The standard InChI is InChI=1S/C22H22Cl2N4O2S/c1-4-10-28-19(12-30-16-9-8-14(2)15(3)11-16)26-27-22(28)31-13-20(29)25-18-7-5-6-17(23)21(18)24/h4-9,11H,1,10,12-13H2,2-3H3,(H,25,29). The van der Waals surface area contributed by atoms with E-state index < -0.39 is 0 Å². The Kier molecular flexibility index (Phi) is 8.01. The van der Waals surface area contributed by atoms with Crippen LogP contribution in [-0.4, -0.2) is 26.4 Å². The van der Waals surface area contributed by atoms with Gasteiger partial charge in [-0.15, -0.1) is 16.8 Å². The van der Waals surface area contributed by atoms with Crippen LogP contribution in [0.15, 0.2) is 54.2 Å². The molecule has 0 unspecified atom stereocenters. The number of ether oxygens (including phenoxy) is 1. The first-order chi connectivity index (χ1) is 14.9. The Labute approximate surface area is 195 Å². The Morgan fingerprint density at radius 2 is 2.03 bits per heavy atom. The largest absolute Gasteiger partial charge is 0.486 e. The second-order valence-corrected chi connectivity index (χ2v) is 8.50. The molecule has 0 fully saturated rings. The highest BCUT2D eigenvalue weighted by atomic mass is 35.5.